The number of benzene rings is 2. The fraction of sp³-hybridized carbons (Fsp3) is 0.250. The number of hydrogen-bond donors (Lipinski definition) is 0. The highest BCUT2D eigenvalue weighted by Gasteiger charge is 2.45. The normalized spacial score (nSPS) is 17.2. The van der Waals surface area contributed by atoms with Crippen LogP contribution in [0.5, 0.6) is 0 Å². The van der Waals surface area contributed by atoms with Crippen LogP contribution in [0.1, 0.15) is 17.5 Å². The molecule has 140 valence electrons. The van der Waals surface area contributed by atoms with Crippen molar-refractivity contribution in [3.8, 4) is 0 Å². The van der Waals surface area contributed by atoms with E-state index in [0.717, 1.165) is 0 Å². The van der Waals surface area contributed by atoms with E-state index in [9.17, 15) is 23.2 Å². The molecule has 1 saturated heterocycles. The fourth-order valence-corrected chi connectivity index (χ4v) is 2.98. The summed E-state index contributed by atoms with van der Waals surface area (Å²) in [6.45, 7) is 0. The molecule has 1 heterocycles. The van der Waals surface area contributed by atoms with Crippen LogP contribution < -0.4 is 0 Å². The van der Waals surface area contributed by atoms with Gasteiger partial charge >= 0.3 is 6.03 Å². The van der Waals surface area contributed by atoms with Gasteiger partial charge in [0.2, 0.25) is 11.8 Å². The van der Waals surface area contributed by atoms with Crippen molar-refractivity contribution in [2.24, 2.45) is 0 Å². The SMILES string of the molecule is O=C1CC(=O)N([C@@H](F)Cc2ccccc2)C(=O)N1C(F)Cc1ccccc1. The van der Waals surface area contributed by atoms with Crippen LogP contribution in [-0.2, 0) is 22.4 Å². The first-order chi connectivity index (χ1) is 13.0. The molecule has 3 rings (SSSR count). The van der Waals surface area contributed by atoms with Crippen molar-refractivity contribution in [3.63, 3.8) is 0 Å². The monoisotopic (exact) mass is 372 g/mol. The molecule has 2 aromatic rings. The number of alkyl halides is 2. The van der Waals surface area contributed by atoms with Gasteiger partial charge < -0.3 is 0 Å². The molecule has 2 aromatic carbocycles. The zero-order valence-electron chi connectivity index (χ0n) is 14.4. The van der Waals surface area contributed by atoms with E-state index in [-0.39, 0.29) is 12.8 Å². The van der Waals surface area contributed by atoms with Crippen LogP contribution in [0.3, 0.4) is 0 Å². The minimum Gasteiger partial charge on any atom is -0.274 e. The van der Waals surface area contributed by atoms with Gasteiger partial charge in [0.05, 0.1) is 0 Å². The van der Waals surface area contributed by atoms with Crippen molar-refractivity contribution < 1.29 is 23.2 Å². The Labute approximate surface area is 155 Å². The third kappa shape index (κ3) is 4.19. The van der Waals surface area contributed by atoms with Crippen molar-refractivity contribution in [1.29, 1.82) is 0 Å². The van der Waals surface area contributed by atoms with E-state index in [1.54, 1.807) is 60.7 Å². The van der Waals surface area contributed by atoms with Crippen molar-refractivity contribution in [3.05, 3.63) is 71.8 Å². The first kappa shape index (κ1) is 18.7. The van der Waals surface area contributed by atoms with Crippen molar-refractivity contribution in [1.82, 2.24) is 9.80 Å². The summed E-state index contributed by atoms with van der Waals surface area (Å²) >= 11 is 0. The Hall–Kier alpha value is -3.09. The first-order valence-electron chi connectivity index (χ1n) is 8.51. The molecule has 1 aliphatic rings. The smallest absolute Gasteiger partial charge is 0.274 e. The van der Waals surface area contributed by atoms with Crippen LogP contribution in [0.25, 0.3) is 0 Å². The second-order valence-corrected chi connectivity index (χ2v) is 6.24. The zero-order chi connectivity index (χ0) is 19.4. The van der Waals surface area contributed by atoms with Gasteiger partial charge in [0.1, 0.15) is 6.42 Å². The maximum Gasteiger partial charge on any atom is 0.338 e. The summed E-state index contributed by atoms with van der Waals surface area (Å²) in [5.74, 6) is -1.92. The Kier molecular flexibility index (Phi) is 5.59. The molecular formula is C20H18F2N2O3. The second-order valence-electron chi connectivity index (χ2n) is 6.24. The number of hydrogen-bond acceptors (Lipinski definition) is 3. The quantitative estimate of drug-likeness (QED) is 0.578. The van der Waals surface area contributed by atoms with Gasteiger partial charge in [-0.25, -0.2) is 23.4 Å². The van der Waals surface area contributed by atoms with E-state index in [1.165, 1.54) is 0 Å². The maximum absolute atomic E-state index is 14.7. The second kappa shape index (κ2) is 8.07. The van der Waals surface area contributed by atoms with Crippen LogP contribution in [-0.4, -0.2) is 40.2 Å². The van der Waals surface area contributed by atoms with E-state index in [4.69, 9.17) is 0 Å². The molecule has 1 unspecified atom stereocenters. The van der Waals surface area contributed by atoms with Gasteiger partial charge in [0.25, 0.3) is 0 Å². The molecule has 0 radical (unpaired) electrons. The average Bonchev–Trinajstić information content (AvgIpc) is 2.63. The highest BCUT2D eigenvalue weighted by molar-refractivity contribution is 6.14. The van der Waals surface area contributed by atoms with Crippen LogP contribution in [0.2, 0.25) is 0 Å². The predicted octanol–water partition coefficient (Wildman–Crippen LogP) is 3.24. The van der Waals surface area contributed by atoms with Crippen molar-refractivity contribution in [2.45, 2.75) is 31.9 Å². The van der Waals surface area contributed by atoms with Gasteiger partial charge in [0.15, 0.2) is 12.6 Å². The molecule has 27 heavy (non-hydrogen) atoms. The number of imide groups is 2. The lowest BCUT2D eigenvalue weighted by Crippen LogP contribution is -2.60. The molecule has 0 N–H and O–H groups in total. The van der Waals surface area contributed by atoms with Crippen molar-refractivity contribution in [2.75, 3.05) is 0 Å². The summed E-state index contributed by atoms with van der Waals surface area (Å²) in [6.07, 6.45) is -5.15. The van der Waals surface area contributed by atoms with Gasteiger partial charge in [-0.1, -0.05) is 60.7 Å². The summed E-state index contributed by atoms with van der Waals surface area (Å²) < 4.78 is 29.4. The molecule has 5 nitrogen and oxygen atoms in total. The Morgan fingerprint density at radius 3 is 1.44 bits per heavy atom. The number of urea groups is 1. The van der Waals surface area contributed by atoms with Gasteiger partial charge in [-0.3, -0.25) is 9.59 Å². The topological polar surface area (TPSA) is 57.7 Å². The lowest BCUT2D eigenvalue weighted by molar-refractivity contribution is -0.149. The van der Waals surface area contributed by atoms with E-state index in [1.807, 2.05) is 0 Å². The summed E-state index contributed by atoms with van der Waals surface area (Å²) in [5.41, 5.74) is 1.16. The first-order valence-corrected chi connectivity index (χ1v) is 8.51. The predicted molar refractivity (Wildman–Crippen MR) is 93.8 cm³/mol. The molecule has 4 amide bonds. The minimum absolute atomic E-state index is 0.226. The molecular weight excluding hydrogens is 354 g/mol. The average molecular weight is 372 g/mol. The summed E-state index contributed by atoms with van der Waals surface area (Å²) in [7, 11) is 0. The van der Waals surface area contributed by atoms with Gasteiger partial charge in [0, 0.05) is 12.8 Å². The molecule has 0 bridgehead atoms. The molecule has 2 atom stereocenters. The number of nitrogens with zero attached hydrogens (tertiary/aromatic N) is 2. The van der Waals surface area contributed by atoms with E-state index in [0.29, 0.717) is 20.9 Å². The third-order valence-corrected chi connectivity index (χ3v) is 4.31. The molecule has 0 spiro atoms. The lowest BCUT2D eigenvalue weighted by Gasteiger charge is -2.35. The Morgan fingerprint density at radius 2 is 1.07 bits per heavy atom. The van der Waals surface area contributed by atoms with Crippen LogP contribution >= 0.6 is 0 Å². The lowest BCUT2D eigenvalue weighted by atomic mass is 10.1. The molecule has 1 fully saturated rings. The number of amides is 4. The highest BCUT2D eigenvalue weighted by atomic mass is 19.1. The molecule has 0 saturated carbocycles. The minimum atomic E-state index is -1.98. The number of carbonyl (C=O) groups excluding carboxylic acids is 3. The van der Waals surface area contributed by atoms with Crippen molar-refractivity contribution >= 4 is 17.8 Å². The molecule has 0 aliphatic carbocycles. The van der Waals surface area contributed by atoms with Crippen LogP contribution in [0, 0.1) is 0 Å². The van der Waals surface area contributed by atoms with E-state index in [2.05, 4.69) is 0 Å². The molecule has 0 aromatic heterocycles. The highest BCUT2D eigenvalue weighted by Crippen LogP contribution is 2.23. The number of barbiturate groups is 1. The number of rotatable bonds is 6. The number of carbonyl (C=O) groups is 3. The summed E-state index contributed by atoms with van der Waals surface area (Å²) in [6, 6.07) is 15.7. The largest absolute Gasteiger partial charge is 0.338 e. The third-order valence-electron chi connectivity index (χ3n) is 4.31. The van der Waals surface area contributed by atoms with E-state index < -0.39 is 36.9 Å². The Morgan fingerprint density at radius 1 is 0.704 bits per heavy atom. The Bertz CT molecular complexity index is 762. The van der Waals surface area contributed by atoms with Crippen LogP contribution in [0.4, 0.5) is 13.6 Å². The van der Waals surface area contributed by atoms with Gasteiger partial charge in [-0.05, 0) is 11.1 Å². The molecule has 1 aliphatic heterocycles. The van der Waals surface area contributed by atoms with E-state index >= 15 is 0 Å². The van der Waals surface area contributed by atoms with Gasteiger partial charge in [-0.2, -0.15) is 0 Å². The Balaban J connectivity index is 1.76. The summed E-state index contributed by atoms with van der Waals surface area (Å²) in [4.78, 5) is 37.4. The maximum atomic E-state index is 14.7. The van der Waals surface area contributed by atoms with Crippen LogP contribution in [0.15, 0.2) is 60.7 Å². The standard InChI is InChI=1S/C20H18F2N2O3/c21-16(11-14-7-3-1-4-8-14)23-18(25)13-19(26)24(20(23)27)17(22)12-15-9-5-2-6-10-15/h1-10,16-17H,11-13H2/t16-,17?/m1/s1. The fourth-order valence-electron chi connectivity index (χ4n) is 2.98. The molecule has 7 heteroatoms. The number of halogens is 2. The summed E-state index contributed by atoms with van der Waals surface area (Å²) in [5, 5.41) is 0. The zero-order valence-corrected chi connectivity index (χ0v) is 14.4. The van der Waals surface area contributed by atoms with Gasteiger partial charge in [-0.15, -0.1) is 0 Å².